The van der Waals surface area contributed by atoms with Crippen molar-refractivity contribution in [3.63, 3.8) is 0 Å². The zero-order chi connectivity index (χ0) is 15.2. The Morgan fingerprint density at radius 1 is 1.20 bits per heavy atom. The molecule has 0 unspecified atom stereocenters. The van der Waals surface area contributed by atoms with Crippen LogP contribution in [0.2, 0.25) is 0 Å². The topological polar surface area (TPSA) is 78.4 Å². The molecule has 0 atom stereocenters. The number of hydrogen-bond donors (Lipinski definition) is 3. The zero-order valence-corrected chi connectivity index (χ0v) is 12.2. The first kappa shape index (κ1) is 16.2. The lowest BCUT2D eigenvalue weighted by Gasteiger charge is -2.25. The third kappa shape index (κ3) is 5.84. The highest BCUT2D eigenvalue weighted by atomic mass is 16.3. The highest BCUT2D eigenvalue weighted by Gasteiger charge is 2.19. The number of benzene rings is 1. The van der Waals surface area contributed by atoms with Crippen LogP contribution >= 0.6 is 0 Å². The minimum absolute atomic E-state index is 0.0404. The maximum absolute atomic E-state index is 11.9. The molecule has 1 aromatic carbocycles. The first-order chi connectivity index (χ1) is 9.32. The second-order valence-corrected chi connectivity index (χ2v) is 5.46. The molecule has 0 bridgehead atoms. The van der Waals surface area contributed by atoms with Crippen LogP contribution < -0.4 is 10.6 Å². The Balaban J connectivity index is 2.56. The maximum Gasteiger partial charge on any atom is 0.224 e. The smallest absolute Gasteiger partial charge is 0.224 e. The Bertz CT molecular complexity index is 467. The summed E-state index contributed by atoms with van der Waals surface area (Å²) in [5.41, 5.74) is 1.17. The Kier molecular flexibility index (Phi) is 5.70. The molecule has 0 fully saturated rings. The zero-order valence-electron chi connectivity index (χ0n) is 12.2. The molecular weight excluding hydrogens is 256 g/mol. The van der Waals surface area contributed by atoms with E-state index in [4.69, 9.17) is 5.11 Å². The third-order valence-electron chi connectivity index (χ3n) is 2.85. The van der Waals surface area contributed by atoms with Crippen LogP contribution in [-0.2, 0) is 16.0 Å². The summed E-state index contributed by atoms with van der Waals surface area (Å²) < 4.78 is 0. The van der Waals surface area contributed by atoms with E-state index in [1.54, 1.807) is 12.1 Å². The molecule has 110 valence electrons. The van der Waals surface area contributed by atoms with Gasteiger partial charge in [0.2, 0.25) is 11.8 Å². The van der Waals surface area contributed by atoms with Crippen LogP contribution in [0.5, 0.6) is 0 Å². The summed E-state index contributed by atoms with van der Waals surface area (Å²) >= 11 is 0. The molecule has 0 aliphatic carbocycles. The molecule has 0 saturated heterocycles. The van der Waals surface area contributed by atoms with E-state index in [9.17, 15) is 9.59 Å². The van der Waals surface area contributed by atoms with Gasteiger partial charge in [0.1, 0.15) is 0 Å². The Hall–Kier alpha value is -1.88. The fraction of sp³-hybridized carbons (Fsp3) is 0.467. The number of carbonyl (C=O) groups is 2. The molecule has 0 radical (unpaired) electrons. The molecule has 0 heterocycles. The number of hydrogen-bond acceptors (Lipinski definition) is 3. The van der Waals surface area contributed by atoms with Gasteiger partial charge in [0.15, 0.2) is 0 Å². The summed E-state index contributed by atoms with van der Waals surface area (Å²) in [6.45, 7) is 5.24. The van der Waals surface area contributed by atoms with Crippen LogP contribution in [0.25, 0.3) is 0 Å². The highest BCUT2D eigenvalue weighted by molar-refractivity contribution is 5.88. The predicted octanol–water partition coefficient (Wildman–Crippen LogP) is 1.46. The summed E-state index contributed by atoms with van der Waals surface area (Å²) in [6, 6.07) is 7.15. The van der Waals surface area contributed by atoms with E-state index in [2.05, 4.69) is 10.6 Å². The second-order valence-electron chi connectivity index (χ2n) is 5.46. The van der Waals surface area contributed by atoms with Crippen LogP contribution in [0.4, 0.5) is 5.69 Å². The van der Waals surface area contributed by atoms with E-state index >= 15 is 0 Å². The first-order valence-electron chi connectivity index (χ1n) is 6.61. The van der Waals surface area contributed by atoms with Crippen molar-refractivity contribution >= 4 is 17.5 Å². The molecule has 0 spiro atoms. The van der Waals surface area contributed by atoms with Gasteiger partial charge in [-0.1, -0.05) is 12.1 Å². The van der Waals surface area contributed by atoms with Gasteiger partial charge < -0.3 is 15.7 Å². The van der Waals surface area contributed by atoms with Gasteiger partial charge in [0, 0.05) is 24.8 Å². The largest absolute Gasteiger partial charge is 0.396 e. The molecule has 5 heteroatoms. The number of nitrogens with one attached hydrogen (secondary N) is 2. The molecule has 0 aliphatic heterocycles. The van der Waals surface area contributed by atoms with E-state index < -0.39 is 5.54 Å². The first-order valence-corrected chi connectivity index (χ1v) is 6.61. The van der Waals surface area contributed by atoms with Crippen molar-refractivity contribution in [3.05, 3.63) is 29.8 Å². The monoisotopic (exact) mass is 278 g/mol. The standard InChI is InChI=1S/C15H22N2O3/c1-11(19)16-13-6-4-12(5-7-13)10-14(20)17-15(2,3)8-9-18/h4-7,18H,8-10H2,1-3H3,(H,16,19)(H,17,20). The van der Waals surface area contributed by atoms with Crippen molar-refractivity contribution in [2.75, 3.05) is 11.9 Å². The van der Waals surface area contributed by atoms with Gasteiger partial charge in [-0.15, -0.1) is 0 Å². The van der Waals surface area contributed by atoms with Crippen molar-refractivity contribution in [1.29, 1.82) is 0 Å². The molecule has 1 aromatic rings. The molecule has 0 aromatic heterocycles. The van der Waals surface area contributed by atoms with Crippen molar-refractivity contribution in [3.8, 4) is 0 Å². The van der Waals surface area contributed by atoms with Crippen molar-refractivity contribution in [2.45, 2.75) is 39.2 Å². The molecule has 3 N–H and O–H groups in total. The molecule has 0 aliphatic rings. The van der Waals surface area contributed by atoms with Crippen LogP contribution in [0.3, 0.4) is 0 Å². The van der Waals surface area contributed by atoms with Crippen LogP contribution in [-0.4, -0.2) is 29.1 Å². The fourth-order valence-electron chi connectivity index (χ4n) is 1.86. The summed E-state index contributed by atoms with van der Waals surface area (Å²) in [4.78, 5) is 22.8. The number of carbonyl (C=O) groups excluding carboxylic acids is 2. The van der Waals surface area contributed by atoms with Gasteiger partial charge in [0.25, 0.3) is 0 Å². The fourth-order valence-corrected chi connectivity index (χ4v) is 1.86. The van der Waals surface area contributed by atoms with E-state index in [0.717, 1.165) is 5.56 Å². The minimum atomic E-state index is -0.415. The van der Waals surface area contributed by atoms with Gasteiger partial charge in [-0.3, -0.25) is 9.59 Å². The lowest BCUT2D eigenvalue weighted by Crippen LogP contribution is -2.44. The average molecular weight is 278 g/mol. The van der Waals surface area contributed by atoms with E-state index in [0.29, 0.717) is 12.1 Å². The van der Waals surface area contributed by atoms with Gasteiger partial charge in [-0.25, -0.2) is 0 Å². The SMILES string of the molecule is CC(=O)Nc1ccc(CC(=O)NC(C)(C)CCO)cc1. The molecule has 20 heavy (non-hydrogen) atoms. The normalized spacial score (nSPS) is 11.0. The number of aliphatic hydroxyl groups excluding tert-OH is 1. The van der Waals surface area contributed by atoms with Crippen LogP contribution in [0, 0.1) is 0 Å². The minimum Gasteiger partial charge on any atom is -0.396 e. The summed E-state index contributed by atoms with van der Waals surface area (Å²) in [5.74, 6) is -0.211. The van der Waals surface area contributed by atoms with Gasteiger partial charge >= 0.3 is 0 Å². The number of rotatable bonds is 6. The van der Waals surface area contributed by atoms with Gasteiger partial charge in [0.05, 0.1) is 6.42 Å². The summed E-state index contributed by atoms with van der Waals surface area (Å²) in [5, 5.41) is 14.5. The Morgan fingerprint density at radius 2 is 1.80 bits per heavy atom. The highest BCUT2D eigenvalue weighted by Crippen LogP contribution is 2.11. The molecule has 2 amide bonds. The van der Waals surface area contributed by atoms with Gasteiger partial charge in [-0.05, 0) is 38.0 Å². The molecule has 5 nitrogen and oxygen atoms in total. The number of amides is 2. The van der Waals surface area contributed by atoms with E-state index in [1.807, 2.05) is 26.0 Å². The van der Waals surface area contributed by atoms with E-state index in [1.165, 1.54) is 6.92 Å². The van der Waals surface area contributed by atoms with Crippen LogP contribution in [0.1, 0.15) is 32.8 Å². The van der Waals surface area contributed by atoms with Crippen molar-refractivity contribution in [2.24, 2.45) is 0 Å². The van der Waals surface area contributed by atoms with Crippen molar-refractivity contribution < 1.29 is 14.7 Å². The van der Waals surface area contributed by atoms with Crippen LogP contribution in [0.15, 0.2) is 24.3 Å². The van der Waals surface area contributed by atoms with Gasteiger partial charge in [-0.2, -0.15) is 0 Å². The Labute approximate surface area is 119 Å². The Morgan fingerprint density at radius 3 is 2.30 bits per heavy atom. The average Bonchev–Trinajstić information content (AvgIpc) is 2.29. The quantitative estimate of drug-likeness (QED) is 0.737. The molecule has 0 saturated carbocycles. The summed E-state index contributed by atoms with van der Waals surface area (Å²) in [6.07, 6.45) is 0.787. The lowest BCUT2D eigenvalue weighted by molar-refractivity contribution is -0.122. The second kappa shape index (κ2) is 7.05. The number of aliphatic hydroxyl groups is 1. The lowest BCUT2D eigenvalue weighted by atomic mass is 10.0. The number of anilines is 1. The molecule has 1 rings (SSSR count). The summed E-state index contributed by atoms with van der Waals surface area (Å²) in [7, 11) is 0. The van der Waals surface area contributed by atoms with Crippen molar-refractivity contribution in [1.82, 2.24) is 5.32 Å². The third-order valence-corrected chi connectivity index (χ3v) is 2.85. The predicted molar refractivity (Wildman–Crippen MR) is 78.4 cm³/mol. The maximum atomic E-state index is 11.9. The molecular formula is C15H22N2O3. The van der Waals surface area contributed by atoms with E-state index in [-0.39, 0.29) is 24.8 Å².